The molecule has 3 atom stereocenters. The molecule has 1 aliphatic rings. The number of aromatic nitrogens is 1. The minimum absolute atomic E-state index is 0.0623. The van der Waals surface area contributed by atoms with Gasteiger partial charge in [-0.3, -0.25) is 14.6 Å². The van der Waals surface area contributed by atoms with Gasteiger partial charge < -0.3 is 19.9 Å². The zero-order valence-corrected chi connectivity index (χ0v) is 12.1. The molecule has 7 heteroatoms. The SMILES string of the molecule is COC(=O)C[C@@H]1C=C[C@@H](NC(=O)c2cccnc2)[C@@H](CO)O1. The normalized spacial score (nSPS) is 23.8. The number of carbonyl (C=O) groups excluding carboxylic acids is 2. The Morgan fingerprint density at radius 2 is 2.27 bits per heavy atom. The van der Waals surface area contributed by atoms with E-state index in [4.69, 9.17) is 4.74 Å². The molecule has 0 radical (unpaired) electrons. The summed E-state index contributed by atoms with van der Waals surface area (Å²) in [6, 6.07) is 2.83. The quantitative estimate of drug-likeness (QED) is 0.590. The lowest BCUT2D eigenvalue weighted by Crippen LogP contribution is -2.48. The molecule has 0 bridgehead atoms. The fourth-order valence-corrected chi connectivity index (χ4v) is 2.12. The number of hydrogen-bond acceptors (Lipinski definition) is 6. The molecule has 1 amide bonds. The Balaban J connectivity index is 2.00. The zero-order valence-electron chi connectivity index (χ0n) is 12.1. The molecule has 0 unspecified atom stereocenters. The molecule has 7 nitrogen and oxygen atoms in total. The van der Waals surface area contributed by atoms with Gasteiger partial charge in [-0.05, 0) is 12.1 Å². The summed E-state index contributed by atoms with van der Waals surface area (Å²) in [5, 5.41) is 12.2. The molecule has 0 saturated carbocycles. The minimum atomic E-state index is -0.625. The number of rotatable bonds is 5. The molecule has 0 spiro atoms. The Morgan fingerprint density at radius 1 is 1.45 bits per heavy atom. The van der Waals surface area contributed by atoms with E-state index < -0.39 is 24.2 Å². The lowest BCUT2D eigenvalue weighted by Gasteiger charge is -2.31. The van der Waals surface area contributed by atoms with E-state index in [1.54, 1.807) is 30.5 Å². The topological polar surface area (TPSA) is 97.8 Å². The van der Waals surface area contributed by atoms with Gasteiger partial charge in [-0.25, -0.2) is 0 Å². The first-order valence-electron chi connectivity index (χ1n) is 6.86. The highest BCUT2D eigenvalue weighted by Crippen LogP contribution is 2.16. The van der Waals surface area contributed by atoms with Crippen LogP contribution in [0.3, 0.4) is 0 Å². The number of hydrogen-bond donors (Lipinski definition) is 2. The van der Waals surface area contributed by atoms with Gasteiger partial charge in [-0.15, -0.1) is 0 Å². The maximum atomic E-state index is 12.1. The van der Waals surface area contributed by atoms with Crippen molar-refractivity contribution in [1.82, 2.24) is 10.3 Å². The van der Waals surface area contributed by atoms with Crippen LogP contribution in [0.15, 0.2) is 36.7 Å². The molecule has 0 aromatic carbocycles. The average Bonchev–Trinajstić information content (AvgIpc) is 2.56. The van der Waals surface area contributed by atoms with E-state index in [-0.39, 0.29) is 18.9 Å². The zero-order chi connectivity index (χ0) is 15.9. The molecule has 2 rings (SSSR count). The van der Waals surface area contributed by atoms with Gasteiger partial charge in [-0.1, -0.05) is 12.2 Å². The smallest absolute Gasteiger partial charge is 0.308 e. The van der Waals surface area contributed by atoms with Crippen LogP contribution in [0.2, 0.25) is 0 Å². The standard InChI is InChI=1S/C15H18N2O5/c1-21-14(19)7-11-4-5-12(13(9-18)22-11)17-15(20)10-3-2-6-16-8-10/h2-6,8,11-13,18H,7,9H2,1H3,(H,17,20)/t11-,12+,13+/m0/s1. The molecule has 0 saturated heterocycles. The number of aliphatic hydroxyl groups is 1. The lowest BCUT2D eigenvalue weighted by atomic mass is 10.0. The highest BCUT2D eigenvalue weighted by Gasteiger charge is 2.29. The second kappa shape index (κ2) is 7.67. The summed E-state index contributed by atoms with van der Waals surface area (Å²) >= 11 is 0. The molecule has 0 aliphatic carbocycles. The molecule has 1 aliphatic heterocycles. The van der Waals surface area contributed by atoms with Gasteiger partial charge in [0.25, 0.3) is 5.91 Å². The van der Waals surface area contributed by atoms with Gasteiger partial charge in [0, 0.05) is 12.4 Å². The number of nitrogens with zero attached hydrogens (tertiary/aromatic N) is 1. The number of amides is 1. The fraction of sp³-hybridized carbons (Fsp3) is 0.400. The van der Waals surface area contributed by atoms with Gasteiger partial charge in [0.15, 0.2) is 0 Å². The van der Waals surface area contributed by atoms with E-state index in [9.17, 15) is 14.7 Å². The van der Waals surface area contributed by atoms with E-state index in [0.29, 0.717) is 5.56 Å². The molecule has 1 aromatic rings. The summed E-state index contributed by atoms with van der Waals surface area (Å²) in [5.41, 5.74) is 0.421. The van der Waals surface area contributed by atoms with E-state index in [1.165, 1.54) is 13.3 Å². The Labute approximate surface area is 127 Å². The largest absolute Gasteiger partial charge is 0.469 e. The highest BCUT2D eigenvalue weighted by molar-refractivity contribution is 5.94. The molecular weight excluding hydrogens is 288 g/mol. The van der Waals surface area contributed by atoms with Crippen molar-refractivity contribution in [1.29, 1.82) is 0 Å². The minimum Gasteiger partial charge on any atom is -0.469 e. The summed E-state index contributed by atoms with van der Waals surface area (Å²) in [6.07, 6.45) is 5.39. The summed E-state index contributed by atoms with van der Waals surface area (Å²) < 4.78 is 10.2. The van der Waals surface area contributed by atoms with E-state index in [0.717, 1.165) is 0 Å². The number of carbonyl (C=O) groups is 2. The van der Waals surface area contributed by atoms with Crippen molar-refractivity contribution in [2.45, 2.75) is 24.7 Å². The summed E-state index contributed by atoms with van der Waals surface area (Å²) in [5.74, 6) is -0.708. The van der Waals surface area contributed by atoms with Crippen LogP contribution in [0.1, 0.15) is 16.8 Å². The van der Waals surface area contributed by atoms with Gasteiger partial charge in [0.05, 0.1) is 37.8 Å². The van der Waals surface area contributed by atoms with Crippen LogP contribution in [0.4, 0.5) is 0 Å². The number of esters is 1. The first-order valence-corrected chi connectivity index (χ1v) is 6.86. The molecule has 2 N–H and O–H groups in total. The predicted molar refractivity (Wildman–Crippen MR) is 77.0 cm³/mol. The monoisotopic (exact) mass is 306 g/mol. The third-order valence-corrected chi connectivity index (χ3v) is 3.28. The van der Waals surface area contributed by atoms with Crippen molar-refractivity contribution in [3.63, 3.8) is 0 Å². The van der Waals surface area contributed by atoms with E-state index >= 15 is 0 Å². The van der Waals surface area contributed by atoms with Crippen molar-refractivity contribution in [2.24, 2.45) is 0 Å². The number of aliphatic hydroxyl groups excluding tert-OH is 1. The Hall–Kier alpha value is -2.25. The van der Waals surface area contributed by atoms with Crippen molar-refractivity contribution in [2.75, 3.05) is 13.7 Å². The molecule has 0 fully saturated rings. The van der Waals surface area contributed by atoms with Crippen LogP contribution in [0.25, 0.3) is 0 Å². The lowest BCUT2D eigenvalue weighted by molar-refractivity contribution is -0.144. The summed E-state index contributed by atoms with van der Waals surface area (Å²) in [7, 11) is 1.30. The van der Waals surface area contributed by atoms with Crippen molar-refractivity contribution < 1.29 is 24.2 Å². The van der Waals surface area contributed by atoms with E-state index in [2.05, 4.69) is 15.0 Å². The maximum Gasteiger partial charge on any atom is 0.308 e. The molecule has 118 valence electrons. The van der Waals surface area contributed by atoms with Gasteiger partial charge >= 0.3 is 5.97 Å². The van der Waals surface area contributed by atoms with E-state index in [1.807, 2.05) is 0 Å². The third kappa shape index (κ3) is 4.12. The molecule has 2 heterocycles. The Morgan fingerprint density at radius 3 is 2.91 bits per heavy atom. The van der Waals surface area contributed by atoms with Gasteiger partial charge in [0.1, 0.15) is 6.10 Å². The first-order chi connectivity index (χ1) is 10.6. The number of nitrogens with one attached hydrogen (secondary N) is 1. The molecule has 1 aromatic heterocycles. The maximum absolute atomic E-state index is 12.1. The van der Waals surface area contributed by atoms with Crippen LogP contribution in [-0.2, 0) is 14.3 Å². The Bertz CT molecular complexity index is 546. The number of ether oxygens (including phenoxy) is 2. The van der Waals surface area contributed by atoms with Gasteiger partial charge in [-0.2, -0.15) is 0 Å². The van der Waals surface area contributed by atoms with Crippen LogP contribution >= 0.6 is 0 Å². The van der Waals surface area contributed by atoms with Gasteiger partial charge in [0.2, 0.25) is 0 Å². The molecular formula is C15H18N2O5. The Kier molecular flexibility index (Phi) is 5.62. The van der Waals surface area contributed by atoms with Crippen LogP contribution in [0.5, 0.6) is 0 Å². The van der Waals surface area contributed by atoms with Crippen molar-refractivity contribution in [3.8, 4) is 0 Å². The average molecular weight is 306 g/mol. The predicted octanol–water partition coefficient (Wildman–Crippen LogP) is 0.0590. The fourth-order valence-electron chi connectivity index (χ4n) is 2.12. The van der Waals surface area contributed by atoms with Crippen LogP contribution in [-0.4, -0.2) is 53.9 Å². The second-order valence-corrected chi connectivity index (χ2v) is 4.80. The summed E-state index contributed by atoms with van der Waals surface area (Å²) in [4.78, 5) is 27.2. The first kappa shape index (κ1) is 16.1. The summed E-state index contributed by atoms with van der Waals surface area (Å²) in [6.45, 7) is -0.278. The van der Waals surface area contributed by atoms with Crippen molar-refractivity contribution >= 4 is 11.9 Å². The van der Waals surface area contributed by atoms with Crippen molar-refractivity contribution in [3.05, 3.63) is 42.2 Å². The number of pyridine rings is 1. The second-order valence-electron chi connectivity index (χ2n) is 4.80. The van der Waals surface area contributed by atoms with Crippen LogP contribution < -0.4 is 5.32 Å². The highest BCUT2D eigenvalue weighted by atomic mass is 16.5. The molecule has 22 heavy (non-hydrogen) atoms. The van der Waals surface area contributed by atoms with Crippen LogP contribution in [0, 0.1) is 0 Å². The third-order valence-electron chi connectivity index (χ3n) is 3.28. The number of methoxy groups -OCH3 is 1.